The zero-order valence-corrected chi connectivity index (χ0v) is 11.0. The number of halogens is 2. The molecule has 0 aliphatic rings. The zero-order valence-electron chi connectivity index (χ0n) is 11.0. The molecule has 0 aromatic heterocycles. The topological polar surface area (TPSA) is 64.7 Å². The van der Waals surface area contributed by atoms with Gasteiger partial charge in [-0.3, -0.25) is 0 Å². The van der Waals surface area contributed by atoms with Gasteiger partial charge in [0, 0.05) is 5.92 Å². The first kappa shape index (κ1) is 15.7. The van der Waals surface area contributed by atoms with Crippen LogP contribution in [0.1, 0.15) is 25.0 Å². The Kier molecular flexibility index (Phi) is 5.98. The molecule has 0 amide bonds. The lowest BCUT2D eigenvalue weighted by atomic mass is 9.93. The summed E-state index contributed by atoms with van der Waals surface area (Å²) >= 11 is 0. The van der Waals surface area contributed by atoms with Gasteiger partial charge in [0.05, 0.1) is 13.2 Å². The first-order valence-corrected chi connectivity index (χ1v) is 6.04. The third kappa shape index (κ3) is 4.04. The van der Waals surface area contributed by atoms with Crippen molar-refractivity contribution in [3.8, 4) is 11.5 Å². The average molecular weight is 275 g/mol. The second kappa shape index (κ2) is 7.25. The van der Waals surface area contributed by atoms with Crippen molar-refractivity contribution in [2.45, 2.75) is 26.1 Å². The summed E-state index contributed by atoms with van der Waals surface area (Å²) in [6.07, 6.45) is -0.129. The summed E-state index contributed by atoms with van der Waals surface area (Å²) in [7, 11) is 1.36. The molecule has 0 fully saturated rings. The lowest BCUT2D eigenvalue weighted by molar-refractivity contribution is -0.0514. The van der Waals surface area contributed by atoms with E-state index in [9.17, 15) is 13.9 Å². The molecule has 4 nitrogen and oxygen atoms in total. The number of hydrogen-bond acceptors (Lipinski definition) is 4. The molecule has 6 heteroatoms. The van der Waals surface area contributed by atoms with Crippen molar-refractivity contribution in [2.24, 2.45) is 11.7 Å². The molecular weight excluding hydrogens is 256 g/mol. The van der Waals surface area contributed by atoms with Crippen LogP contribution in [0.3, 0.4) is 0 Å². The van der Waals surface area contributed by atoms with Gasteiger partial charge in [-0.15, -0.1) is 0 Å². The van der Waals surface area contributed by atoms with E-state index in [1.165, 1.54) is 19.2 Å². The van der Waals surface area contributed by atoms with Crippen LogP contribution in [0.2, 0.25) is 0 Å². The van der Waals surface area contributed by atoms with Gasteiger partial charge in [0.2, 0.25) is 0 Å². The summed E-state index contributed by atoms with van der Waals surface area (Å²) in [4.78, 5) is 0. The molecule has 1 aromatic carbocycles. The molecule has 1 rings (SSSR count). The Hall–Kier alpha value is -1.40. The highest BCUT2D eigenvalue weighted by Gasteiger charge is 2.20. The molecule has 0 saturated carbocycles. The second-order valence-corrected chi connectivity index (χ2v) is 4.14. The molecule has 0 heterocycles. The summed E-state index contributed by atoms with van der Waals surface area (Å²) in [6.45, 7) is -0.729. The van der Waals surface area contributed by atoms with Crippen molar-refractivity contribution in [3.63, 3.8) is 0 Å². The molecule has 1 aromatic rings. The Bertz CT molecular complexity index is 397. The van der Waals surface area contributed by atoms with E-state index in [0.29, 0.717) is 18.5 Å². The number of rotatable bonds is 7. The Morgan fingerprint density at radius 1 is 1.32 bits per heavy atom. The van der Waals surface area contributed by atoms with Crippen LogP contribution in [0.5, 0.6) is 11.5 Å². The number of aliphatic hydroxyl groups excluding tert-OH is 1. The van der Waals surface area contributed by atoms with Crippen LogP contribution in [0.15, 0.2) is 18.2 Å². The predicted molar refractivity (Wildman–Crippen MR) is 67.4 cm³/mol. The number of aliphatic hydroxyl groups is 1. The van der Waals surface area contributed by atoms with Gasteiger partial charge in [-0.1, -0.05) is 13.0 Å². The van der Waals surface area contributed by atoms with Crippen molar-refractivity contribution in [1.29, 1.82) is 0 Å². The van der Waals surface area contributed by atoms with E-state index >= 15 is 0 Å². The van der Waals surface area contributed by atoms with Gasteiger partial charge in [-0.25, -0.2) is 0 Å². The fourth-order valence-corrected chi connectivity index (χ4v) is 1.86. The Labute approximate surface area is 111 Å². The lowest BCUT2D eigenvalue weighted by Crippen LogP contribution is -2.21. The molecule has 2 unspecified atom stereocenters. The maximum absolute atomic E-state index is 12.3. The summed E-state index contributed by atoms with van der Waals surface area (Å²) in [5, 5.41) is 10.1. The highest BCUT2D eigenvalue weighted by atomic mass is 19.3. The third-order valence-corrected chi connectivity index (χ3v) is 3.02. The summed E-state index contributed by atoms with van der Waals surface area (Å²) in [5.74, 6) is -0.0363. The zero-order chi connectivity index (χ0) is 14.4. The van der Waals surface area contributed by atoms with Crippen molar-refractivity contribution in [3.05, 3.63) is 23.8 Å². The minimum atomic E-state index is -2.95. The van der Waals surface area contributed by atoms with E-state index in [-0.39, 0.29) is 17.4 Å². The molecule has 0 radical (unpaired) electrons. The fraction of sp³-hybridized carbons (Fsp3) is 0.538. The molecule has 3 N–H and O–H groups in total. The highest BCUT2D eigenvalue weighted by molar-refractivity contribution is 5.43. The standard InChI is InChI=1S/C13H19F2NO3/c1-3-8(7-16)12(17)9-4-5-10(18-2)11(6-9)19-13(14)15/h4-6,8,12-13,17H,3,7,16H2,1-2H3. The Balaban J connectivity index is 3.02. The number of ether oxygens (including phenoxy) is 2. The van der Waals surface area contributed by atoms with E-state index < -0.39 is 12.7 Å². The van der Waals surface area contributed by atoms with Gasteiger partial charge in [-0.05, 0) is 30.7 Å². The molecule has 19 heavy (non-hydrogen) atoms. The molecule has 0 aliphatic heterocycles. The molecule has 108 valence electrons. The van der Waals surface area contributed by atoms with Crippen LogP contribution in [-0.2, 0) is 0 Å². The van der Waals surface area contributed by atoms with E-state index in [0.717, 1.165) is 0 Å². The minimum absolute atomic E-state index is 0.0964. The highest BCUT2D eigenvalue weighted by Crippen LogP contribution is 2.33. The monoisotopic (exact) mass is 275 g/mol. The molecule has 0 saturated heterocycles. The Morgan fingerprint density at radius 3 is 2.47 bits per heavy atom. The molecule has 0 bridgehead atoms. The van der Waals surface area contributed by atoms with Crippen molar-refractivity contribution >= 4 is 0 Å². The number of benzene rings is 1. The number of alkyl halides is 2. The molecule has 0 aliphatic carbocycles. The van der Waals surface area contributed by atoms with Crippen LogP contribution in [0.25, 0.3) is 0 Å². The van der Waals surface area contributed by atoms with Crippen LogP contribution in [0.4, 0.5) is 8.78 Å². The maximum Gasteiger partial charge on any atom is 0.387 e. The first-order chi connectivity index (χ1) is 9.03. The van der Waals surface area contributed by atoms with Gasteiger partial charge >= 0.3 is 6.61 Å². The van der Waals surface area contributed by atoms with Crippen LogP contribution in [-0.4, -0.2) is 25.4 Å². The normalized spacial score (nSPS) is 14.3. The molecular formula is C13H19F2NO3. The number of methoxy groups -OCH3 is 1. The van der Waals surface area contributed by atoms with Gasteiger partial charge in [0.15, 0.2) is 11.5 Å². The van der Waals surface area contributed by atoms with E-state index in [1.54, 1.807) is 6.07 Å². The van der Waals surface area contributed by atoms with Crippen LogP contribution >= 0.6 is 0 Å². The largest absolute Gasteiger partial charge is 0.493 e. The number of nitrogens with two attached hydrogens (primary N) is 1. The maximum atomic E-state index is 12.3. The van der Waals surface area contributed by atoms with E-state index in [4.69, 9.17) is 10.5 Å². The summed E-state index contributed by atoms with van der Waals surface area (Å²) in [6, 6.07) is 4.45. The van der Waals surface area contributed by atoms with Crippen molar-refractivity contribution in [2.75, 3.05) is 13.7 Å². The van der Waals surface area contributed by atoms with Crippen molar-refractivity contribution < 1.29 is 23.4 Å². The third-order valence-electron chi connectivity index (χ3n) is 3.02. The van der Waals surface area contributed by atoms with E-state index in [1.807, 2.05) is 6.92 Å². The van der Waals surface area contributed by atoms with Crippen molar-refractivity contribution in [1.82, 2.24) is 0 Å². The summed E-state index contributed by atoms with van der Waals surface area (Å²) in [5.41, 5.74) is 6.04. The minimum Gasteiger partial charge on any atom is -0.493 e. The second-order valence-electron chi connectivity index (χ2n) is 4.14. The Morgan fingerprint density at radius 2 is 2.00 bits per heavy atom. The van der Waals surface area contributed by atoms with Gasteiger partial charge in [0.1, 0.15) is 0 Å². The smallest absolute Gasteiger partial charge is 0.387 e. The van der Waals surface area contributed by atoms with Gasteiger partial charge < -0.3 is 20.3 Å². The van der Waals surface area contributed by atoms with Gasteiger partial charge in [0.25, 0.3) is 0 Å². The number of hydrogen-bond donors (Lipinski definition) is 2. The van der Waals surface area contributed by atoms with E-state index in [2.05, 4.69) is 4.74 Å². The average Bonchev–Trinajstić information content (AvgIpc) is 2.39. The quantitative estimate of drug-likeness (QED) is 0.801. The first-order valence-electron chi connectivity index (χ1n) is 6.04. The van der Waals surface area contributed by atoms with Crippen LogP contribution < -0.4 is 15.2 Å². The fourth-order valence-electron chi connectivity index (χ4n) is 1.86. The van der Waals surface area contributed by atoms with Gasteiger partial charge in [-0.2, -0.15) is 8.78 Å². The summed E-state index contributed by atoms with van der Waals surface area (Å²) < 4.78 is 33.9. The predicted octanol–water partition coefficient (Wildman–Crippen LogP) is 2.31. The van der Waals surface area contributed by atoms with Crippen LogP contribution in [0, 0.1) is 5.92 Å². The lowest BCUT2D eigenvalue weighted by Gasteiger charge is -2.21. The molecule has 2 atom stereocenters. The molecule has 0 spiro atoms. The SMILES string of the molecule is CCC(CN)C(O)c1ccc(OC)c(OC(F)F)c1.